The maximum Gasteiger partial charge on any atom is 0.223 e. The summed E-state index contributed by atoms with van der Waals surface area (Å²) in [4.78, 5) is 4.20. The van der Waals surface area contributed by atoms with E-state index in [-0.39, 0.29) is 0 Å². The van der Waals surface area contributed by atoms with Gasteiger partial charge in [-0.2, -0.15) is 4.98 Å². The van der Waals surface area contributed by atoms with E-state index in [1.807, 2.05) is 0 Å². The van der Waals surface area contributed by atoms with Crippen molar-refractivity contribution < 1.29 is 4.52 Å². The second-order valence-electron chi connectivity index (χ2n) is 4.11. The van der Waals surface area contributed by atoms with Crippen molar-refractivity contribution in [3.63, 3.8) is 0 Å². The van der Waals surface area contributed by atoms with Gasteiger partial charge in [-0.1, -0.05) is 29.4 Å². The lowest BCUT2D eigenvalue weighted by Crippen LogP contribution is -2.39. The topological polar surface area (TPSA) is 51.0 Å². The van der Waals surface area contributed by atoms with Gasteiger partial charge in [0.2, 0.25) is 11.7 Å². The predicted octanol–water partition coefficient (Wildman–Crippen LogP) is 1.73. The van der Waals surface area contributed by atoms with Crippen LogP contribution in [0.25, 0.3) is 11.4 Å². The Hall–Kier alpha value is -1.68. The van der Waals surface area contributed by atoms with Crippen molar-refractivity contribution in [1.82, 2.24) is 15.5 Å². The summed E-state index contributed by atoms with van der Waals surface area (Å²) in [6.07, 6.45) is 0. The van der Waals surface area contributed by atoms with E-state index >= 15 is 0 Å². The second-order valence-corrected chi connectivity index (χ2v) is 4.11. The molecule has 1 aliphatic heterocycles. The fourth-order valence-corrected chi connectivity index (χ4v) is 1.85. The number of nitrogens with one attached hydrogen (secondary N) is 1. The highest BCUT2D eigenvalue weighted by Gasteiger charge is 2.18. The molecule has 0 unspecified atom stereocenters. The molecule has 1 N–H and O–H groups in total. The first-order valence-electron chi connectivity index (χ1n) is 5.44. The van der Waals surface area contributed by atoms with E-state index in [1.54, 1.807) is 6.92 Å². The van der Waals surface area contributed by atoms with E-state index in [0.717, 1.165) is 18.7 Å². The summed E-state index contributed by atoms with van der Waals surface area (Å²) in [5.41, 5.74) is 2.38. The molecule has 0 spiro atoms. The zero-order chi connectivity index (χ0) is 11.0. The lowest BCUT2D eigenvalue weighted by Gasteiger charge is -2.27. The lowest BCUT2D eigenvalue weighted by molar-refractivity contribution is 0.394. The van der Waals surface area contributed by atoms with Gasteiger partial charge in [0.1, 0.15) is 0 Å². The van der Waals surface area contributed by atoms with Gasteiger partial charge in [-0.25, -0.2) is 0 Å². The molecule has 1 aromatic carbocycles. The third-order valence-electron chi connectivity index (χ3n) is 2.95. The maximum atomic E-state index is 4.96. The summed E-state index contributed by atoms with van der Waals surface area (Å²) in [5.74, 6) is 1.93. The largest absolute Gasteiger partial charge is 0.339 e. The molecule has 0 amide bonds. The van der Waals surface area contributed by atoms with Gasteiger partial charge >= 0.3 is 0 Å². The Morgan fingerprint density at radius 1 is 1.25 bits per heavy atom. The van der Waals surface area contributed by atoms with Crippen LogP contribution in [-0.2, 0) is 0 Å². The van der Waals surface area contributed by atoms with Gasteiger partial charge in [0.15, 0.2) is 0 Å². The standard InChI is InChI=1S/C12H13N3O/c1-8-14-12(15-16-8)10-4-2-9(3-5-10)11-6-13-7-11/h2-5,11,13H,6-7H2,1H3. The Bertz CT molecular complexity index is 485. The molecule has 0 bridgehead atoms. The van der Waals surface area contributed by atoms with E-state index in [1.165, 1.54) is 5.56 Å². The molecule has 3 rings (SSSR count). The SMILES string of the molecule is Cc1nc(-c2ccc(C3CNC3)cc2)no1. The minimum Gasteiger partial charge on any atom is -0.339 e. The monoisotopic (exact) mass is 215 g/mol. The van der Waals surface area contributed by atoms with E-state index in [4.69, 9.17) is 4.52 Å². The van der Waals surface area contributed by atoms with Crippen molar-refractivity contribution in [2.45, 2.75) is 12.8 Å². The number of benzene rings is 1. The molecule has 82 valence electrons. The van der Waals surface area contributed by atoms with Crippen molar-refractivity contribution in [2.75, 3.05) is 13.1 Å². The van der Waals surface area contributed by atoms with Crippen molar-refractivity contribution in [3.05, 3.63) is 35.7 Å². The van der Waals surface area contributed by atoms with Crippen molar-refractivity contribution in [2.24, 2.45) is 0 Å². The van der Waals surface area contributed by atoms with Gasteiger partial charge in [0.05, 0.1) is 0 Å². The zero-order valence-corrected chi connectivity index (χ0v) is 9.10. The van der Waals surface area contributed by atoms with Crippen molar-refractivity contribution in [3.8, 4) is 11.4 Å². The first-order valence-corrected chi connectivity index (χ1v) is 5.44. The van der Waals surface area contributed by atoms with Crippen LogP contribution < -0.4 is 5.32 Å². The summed E-state index contributed by atoms with van der Waals surface area (Å²) in [5, 5.41) is 7.17. The molecule has 16 heavy (non-hydrogen) atoms. The number of aromatic nitrogens is 2. The van der Waals surface area contributed by atoms with E-state index in [9.17, 15) is 0 Å². The van der Waals surface area contributed by atoms with Crippen LogP contribution in [0.5, 0.6) is 0 Å². The van der Waals surface area contributed by atoms with Gasteiger partial charge in [-0.15, -0.1) is 0 Å². The molecule has 0 radical (unpaired) electrons. The Balaban J connectivity index is 1.86. The minimum absolute atomic E-state index is 0.599. The van der Waals surface area contributed by atoms with Gasteiger partial charge in [-0.3, -0.25) is 0 Å². The zero-order valence-electron chi connectivity index (χ0n) is 9.10. The molecule has 0 atom stereocenters. The minimum atomic E-state index is 0.599. The molecule has 1 aromatic heterocycles. The van der Waals surface area contributed by atoms with Crippen LogP contribution in [0, 0.1) is 6.92 Å². The van der Waals surface area contributed by atoms with Gasteiger partial charge in [0, 0.05) is 31.5 Å². The Labute approximate surface area is 93.7 Å². The van der Waals surface area contributed by atoms with E-state index in [0.29, 0.717) is 17.6 Å². The third-order valence-corrected chi connectivity index (χ3v) is 2.95. The van der Waals surface area contributed by atoms with Crippen LogP contribution in [0.1, 0.15) is 17.4 Å². The van der Waals surface area contributed by atoms with Gasteiger partial charge in [0.25, 0.3) is 0 Å². The van der Waals surface area contributed by atoms with Crippen LogP contribution in [0.15, 0.2) is 28.8 Å². The molecular formula is C12H13N3O. The predicted molar refractivity (Wildman–Crippen MR) is 60.1 cm³/mol. The molecule has 1 fully saturated rings. The molecule has 0 saturated carbocycles. The first-order chi connectivity index (χ1) is 7.83. The number of hydrogen-bond donors (Lipinski definition) is 1. The normalized spacial score (nSPS) is 16.1. The number of aryl methyl sites for hydroxylation is 1. The van der Waals surface area contributed by atoms with Gasteiger partial charge in [-0.05, 0) is 5.56 Å². The summed E-state index contributed by atoms with van der Waals surface area (Å²) < 4.78 is 4.96. The van der Waals surface area contributed by atoms with Crippen LogP contribution in [0.3, 0.4) is 0 Å². The van der Waals surface area contributed by atoms with Crippen molar-refractivity contribution in [1.29, 1.82) is 0 Å². The molecule has 0 aliphatic carbocycles. The number of hydrogen-bond acceptors (Lipinski definition) is 4. The second kappa shape index (κ2) is 3.72. The fraction of sp³-hybridized carbons (Fsp3) is 0.333. The third kappa shape index (κ3) is 1.61. The average Bonchev–Trinajstić information content (AvgIpc) is 2.63. The molecule has 4 nitrogen and oxygen atoms in total. The van der Waals surface area contributed by atoms with Crippen LogP contribution >= 0.6 is 0 Å². The number of rotatable bonds is 2. The van der Waals surface area contributed by atoms with Crippen molar-refractivity contribution >= 4 is 0 Å². The van der Waals surface area contributed by atoms with Gasteiger partial charge < -0.3 is 9.84 Å². The smallest absolute Gasteiger partial charge is 0.223 e. The average molecular weight is 215 g/mol. The lowest BCUT2D eigenvalue weighted by atomic mass is 9.93. The fourth-order valence-electron chi connectivity index (χ4n) is 1.85. The quantitative estimate of drug-likeness (QED) is 0.829. The van der Waals surface area contributed by atoms with E-state index < -0.39 is 0 Å². The summed E-state index contributed by atoms with van der Waals surface area (Å²) in [6.45, 7) is 3.96. The summed E-state index contributed by atoms with van der Waals surface area (Å²) in [6, 6.07) is 8.40. The Morgan fingerprint density at radius 2 is 2.00 bits per heavy atom. The highest BCUT2D eigenvalue weighted by molar-refractivity contribution is 5.54. The van der Waals surface area contributed by atoms with Crippen LogP contribution in [-0.4, -0.2) is 23.2 Å². The summed E-state index contributed by atoms with van der Waals surface area (Å²) in [7, 11) is 0. The molecule has 1 aliphatic rings. The highest BCUT2D eigenvalue weighted by atomic mass is 16.5. The van der Waals surface area contributed by atoms with Crippen LogP contribution in [0.2, 0.25) is 0 Å². The molecule has 2 aromatic rings. The van der Waals surface area contributed by atoms with Crippen LogP contribution in [0.4, 0.5) is 0 Å². The molecule has 2 heterocycles. The summed E-state index contributed by atoms with van der Waals surface area (Å²) >= 11 is 0. The first kappa shape index (κ1) is 9.54. The number of nitrogens with zero attached hydrogens (tertiary/aromatic N) is 2. The molecular weight excluding hydrogens is 202 g/mol. The maximum absolute atomic E-state index is 4.96. The molecule has 4 heteroatoms. The van der Waals surface area contributed by atoms with E-state index in [2.05, 4.69) is 39.7 Å². The highest BCUT2D eigenvalue weighted by Crippen LogP contribution is 2.23. The Kier molecular flexibility index (Phi) is 2.22. The Morgan fingerprint density at radius 3 is 2.50 bits per heavy atom. The molecule has 1 saturated heterocycles.